The first kappa shape index (κ1) is 23.4. The second kappa shape index (κ2) is 10.8. The number of halogens is 1. The van der Waals surface area contributed by atoms with E-state index in [4.69, 9.17) is 18.9 Å². The van der Waals surface area contributed by atoms with Gasteiger partial charge in [0, 0.05) is 23.9 Å². The fourth-order valence-electron chi connectivity index (χ4n) is 3.40. The van der Waals surface area contributed by atoms with Crippen molar-refractivity contribution in [3.05, 3.63) is 47.3 Å². The van der Waals surface area contributed by atoms with Gasteiger partial charge in [-0.15, -0.1) is 0 Å². The smallest absolute Gasteiger partial charge is 0.188 e. The molecule has 0 fully saturated rings. The first-order chi connectivity index (χ1) is 13.9. The van der Waals surface area contributed by atoms with Crippen LogP contribution >= 0.6 is 8.58 Å². The molecule has 0 spiro atoms. The monoisotopic (exact) mass is 424 g/mol. The summed E-state index contributed by atoms with van der Waals surface area (Å²) in [4.78, 5) is 0. The molecule has 2 aromatic carbocycles. The SMILES string of the molecule is CCCC(C)(Pc1ccc(F)cc1CO)c1cc(OC)cc(OC)c1OCOC. The molecule has 0 aliphatic heterocycles. The van der Waals surface area contributed by atoms with Gasteiger partial charge in [-0.1, -0.05) is 34.9 Å². The zero-order valence-electron chi connectivity index (χ0n) is 17.7. The number of rotatable bonds is 11. The molecule has 5 nitrogen and oxygen atoms in total. The summed E-state index contributed by atoms with van der Waals surface area (Å²) in [5, 5.41) is 10.3. The Labute approximate surface area is 173 Å². The van der Waals surface area contributed by atoms with Crippen LogP contribution in [0.1, 0.15) is 37.8 Å². The van der Waals surface area contributed by atoms with Crippen molar-refractivity contribution >= 4 is 13.9 Å². The Morgan fingerprint density at radius 3 is 2.45 bits per heavy atom. The maximum absolute atomic E-state index is 13.7. The minimum absolute atomic E-state index is 0.0828. The van der Waals surface area contributed by atoms with Crippen molar-refractivity contribution in [2.75, 3.05) is 28.1 Å². The molecule has 0 radical (unpaired) electrons. The lowest BCUT2D eigenvalue weighted by Crippen LogP contribution is -2.22. The van der Waals surface area contributed by atoms with Crippen LogP contribution in [0, 0.1) is 5.82 Å². The van der Waals surface area contributed by atoms with Crippen molar-refractivity contribution < 1.29 is 28.4 Å². The van der Waals surface area contributed by atoms with Crippen molar-refractivity contribution in [2.24, 2.45) is 0 Å². The fraction of sp³-hybridized carbons (Fsp3) is 0.455. The predicted molar refractivity (Wildman–Crippen MR) is 115 cm³/mol. The highest BCUT2D eigenvalue weighted by Gasteiger charge is 2.33. The van der Waals surface area contributed by atoms with E-state index in [0.717, 1.165) is 23.7 Å². The third-order valence-corrected chi connectivity index (χ3v) is 6.63. The van der Waals surface area contributed by atoms with E-state index in [1.165, 1.54) is 12.1 Å². The van der Waals surface area contributed by atoms with Crippen LogP contribution in [0.4, 0.5) is 4.39 Å². The first-order valence-corrected chi connectivity index (χ1v) is 10.5. The lowest BCUT2D eigenvalue weighted by atomic mass is 9.93. The molecule has 0 saturated heterocycles. The van der Waals surface area contributed by atoms with Gasteiger partial charge >= 0.3 is 0 Å². The normalized spacial score (nSPS) is 13.5. The van der Waals surface area contributed by atoms with Crippen LogP contribution in [0.2, 0.25) is 0 Å². The number of hydrogen-bond acceptors (Lipinski definition) is 5. The summed E-state index contributed by atoms with van der Waals surface area (Å²) in [7, 11) is 5.03. The van der Waals surface area contributed by atoms with Gasteiger partial charge < -0.3 is 24.1 Å². The summed E-state index contributed by atoms with van der Waals surface area (Å²) in [6.07, 6.45) is 1.79. The van der Waals surface area contributed by atoms with Gasteiger partial charge in [0.1, 0.15) is 11.6 Å². The molecule has 0 aromatic heterocycles. The molecule has 0 saturated carbocycles. The molecule has 0 heterocycles. The van der Waals surface area contributed by atoms with E-state index < -0.39 is 0 Å². The molecule has 7 heteroatoms. The molecule has 1 N–H and O–H groups in total. The van der Waals surface area contributed by atoms with E-state index in [9.17, 15) is 9.50 Å². The Morgan fingerprint density at radius 1 is 1.10 bits per heavy atom. The Hall–Kier alpha value is -1.88. The molecule has 29 heavy (non-hydrogen) atoms. The number of benzene rings is 2. The first-order valence-electron chi connectivity index (χ1n) is 9.48. The zero-order valence-corrected chi connectivity index (χ0v) is 18.7. The van der Waals surface area contributed by atoms with Gasteiger partial charge in [0.2, 0.25) is 0 Å². The lowest BCUT2D eigenvalue weighted by Gasteiger charge is -2.33. The highest BCUT2D eigenvalue weighted by atomic mass is 31.1. The second-order valence-corrected chi connectivity index (χ2v) is 8.82. The maximum Gasteiger partial charge on any atom is 0.188 e. The summed E-state index contributed by atoms with van der Waals surface area (Å²) in [5.74, 6) is 1.47. The summed E-state index contributed by atoms with van der Waals surface area (Å²) >= 11 is 0. The molecule has 2 aromatic rings. The van der Waals surface area contributed by atoms with Crippen LogP contribution in [0.15, 0.2) is 30.3 Å². The van der Waals surface area contributed by atoms with Gasteiger partial charge in [-0.3, -0.25) is 0 Å². The second-order valence-electron chi connectivity index (χ2n) is 6.92. The largest absolute Gasteiger partial charge is 0.497 e. The Kier molecular flexibility index (Phi) is 8.69. The van der Waals surface area contributed by atoms with Crippen LogP contribution in [-0.4, -0.2) is 33.2 Å². The third-order valence-electron chi connectivity index (χ3n) is 4.80. The standard InChI is InChI=1S/C22H30FO5P/c1-6-9-22(2,29-20-8-7-16(23)10-15(20)13-24)18-11-17(26-4)12-19(27-5)21(18)28-14-25-3/h7-8,10-12,24,29H,6,9,13-14H2,1-5H3. The average Bonchev–Trinajstić information content (AvgIpc) is 2.72. The lowest BCUT2D eigenvalue weighted by molar-refractivity contribution is 0.0479. The highest BCUT2D eigenvalue weighted by Crippen LogP contribution is 2.52. The number of aliphatic hydroxyl groups is 1. The van der Waals surface area contributed by atoms with E-state index in [0.29, 0.717) is 22.8 Å². The molecule has 0 bridgehead atoms. The van der Waals surface area contributed by atoms with Gasteiger partial charge in [-0.25, -0.2) is 4.39 Å². The van der Waals surface area contributed by atoms with E-state index in [2.05, 4.69) is 13.8 Å². The topological polar surface area (TPSA) is 57.2 Å². The summed E-state index contributed by atoms with van der Waals surface area (Å²) in [6, 6.07) is 8.31. The number of hydrogen-bond donors (Lipinski definition) is 1. The number of aliphatic hydroxyl groups excluding tert-OH is 1. The molecule has 2 unspecified atom stereocenters. The Balaban J connectivity index is 2.63. The molecule has 0 amide bonds. The van der Waals surface area contributed by atoms with Crippen LogP contribution < -0.4 is 19.5 Å². The number of methoxy groups -OCH3 is 3. The molecular weight excluding hydrogens is 394 g/mol. The fourth-order valence-corrected chi connectivity index (χ4v) is 5.17. The van der Waals surface area contributed by atoms with Crippen LogP contribution in [0.5, 0.6) is 17.2 Å². The van der Waals surface area contributed by atoms with E-state index in [-0.39, 0.29) is 33.0 Å². The summed E-state index contributed by atoms with van der Waals surface area (Å²) in [6.45, 7) is 4.14. The third kappa shape index (κ3) is 5.59. The summed E-state index contributed by atoms with van der Waals surface area (Å²) < 4.78 is 35.7. The van der Waals surface area contributed by atoms with Crippen LogP contribution in [0.25, 0.3) is 0 Å². The minimum Gasteiger partial charge on any atom is -0.497 e. The van der Waals surface area contributed by atoms with Crippen molar-refractivity contribution in [1.29, 1.82) is 0 Å². The molecular formula is C22H30FO5P. The number of ether oxygens (including phenoxy) is 4. The van der Waals surface area contributed by atoms with E-state index >= 15 is 0 Å². The van der Waals surface area contributed by atoms with Crippen molar-refractivity contribution in [1.82, 2.24) is 0 Å². The van der Waals surface area contributed by atoms with Gasteiger partial charge in [0.25, 0.3) is 0 Å². The summed E-state index contributed by atoms with van der Waals surface area (Å²) in [5.41, 5.74) is 1.53. The van der Waals surface area contributed by atoms with Crippen LogP contribution in [0.3, 0.4) is 0 Å². The van der Waals surface area contributed by atoms with Crippen LogP contribution in [-0.2, 0) is 16.5 Å². The van der Waals surface area contributed by atoms with E-state index in [1.807, 2.05) is 6.07 Å². The van der Waals surface area contributed by atoms with Gasteiger partial charge in [-0.2, -0.15) is 0 Å². The van der Waals surface area contributed by atoms with Gasteiger partial charge in [0.05, 0.1) is 20.8 Å². The average molecular weight is 424 g/mol. The molecule has 0 aliphatic carbocycles. The molecule has 0 aliphatic rings. The van der Waals surface area contributed by atoms with E-state index in [1.54, 1.807) is 33.5 Å². The Bertz CT molecular complexity index is 814. The van der Waals surface area contributed by atoms with Gasteiger partial charge in [-0.05, 0) is 35.5 Å². The predicted octanol–water partition coefficient (Wildman–Crippen LogP) is 4.34. The maximum atomic E-state index is 13.7. The quantitative estimate of drug-likeness (QED) is 0.430. The highest BCUT2D eigenvalue weighted by molar-refractivity contribution is 7.48. The molecule has 2 atom stereocenters. The van der Waals surface area contributed by atoms with Gasteiger partial charge in [0.15, 0.2) is 18.3 Å². The van der Waals surface area contributed by atoms with Crippen molar-refractivity contribution in [2.45, 2.75) is 38.5 Å². The van der Waals surface area contributed by atoms with Crippen molar-refractivity contribution in [3.8, 4) is 17.2 Å². The molecule has 2 rings (SSSR count). The Morgan fingerprint density at radius 2 is 1.86 bits per heavy atom. The molecule has 160 valence electrons. The van der Waals surface area contributed by atoms with Crippen molar-refractivity contribution in [3.63, 3.8) is 0 Å². The minimum atomic E-state index is -0.355. The zero-order chi connectivity index (χ0) is 21.4.